The summed E-state index contributed by atoms with van der Waals surface area (Å²) in [7, 11) is 0. The van der Waals surface area contributed by atoms with Crippen molar-refractivity contribution in [1.82, 2.24) is 15.1 Å². The second kappa shape index (κ2) is 5.67. The van der Waals surface area contributed by atoms with Crippen molar-refractivity contribution in [2.75, 3.05) is 6.54 Å². The smallest absolute Gasteiger partial charge is 0.0492 e. The molecule has 17 heavy (non-hydrogen) atoms. The molecule has 2 rings (SSSR count). The van der Waals surface area contributed by atoms with E-state index in [9.17, 15) is 0 Å². The first-order chi connectivity index (χ1) is 8.22. The highest BCUT2D eigenvalue weighted by atomic mass is 15.3. The third-order valence-corrected chi connectivity index (χ3v) is 3.78. The van der Waals surface area contributed by atoms with Crippen LogP contribution in [0.1, 0.15) is 64.1 Å². The van der Waals surface area contributed by atoms with Gasteiger partial charge in [0.15, 0.2) is 0 Å². The lowest BCUT2D eigenvalue weighted by Crippen LogP contribution is -2.33. The Bertz CT molecular complexity index is 341. The minimum absolute atomic E-state index is 0.472. The molecule has 0 saturated heterocycles. The third-order valence-electron chi connectivity index (χ3n) is 3.78. The van der Waals surface area contributed by atoms with Gasteiger partial charge in [-0.15, -0.1) is 0 Å². The Hall–Kier alpha value is -0.830. The average Bonchev–Trinajstić information content (AvgIpc) is 2.79. The van der Waals surface area contributed by atoms with E-state index in [1.165, 1.54) is 31.4 Å². The van der Waals surface area contributed by atoms with Gasteiger partial charge in [-0.05, 0) is 45.7 Å². The summed E-state index contributed by atoms with van der Waals surface area (Å²) >= 11 is 0. The maximum absolute atomic E-state index is 4.46. The Balaban J connectivity index is 2.08. The van der Waals surface area contributed by atoms with Gasteiger partial charge in [-0.2, -0.15) is 5.10 Å². The monoisotopic (exact) mass is 235 g/mol. The van der Waals surface area contributed by atoms with Crippen LogP contribution < -0.4 is 5.32 Å². The molecule has 2 unspecified atom stereocenters. The van der Waals surface area contributed by atoms with Crippen LogP contribution in [0.5, 0.6) is 0 Å². The molecule has 0 aliphatic heterocycles. The van der Waals surface area contributed by atoms with Gasteiger partial charge in [-0.25, -0.2) is 0 Å². The highest BCUT2D eigenvalue weighted by Crippen LogP contribution is 2.33. The molecular weight excluding hydrogens is 210 g/mol. The van der Waals surface area contributed by atoms with Crippen LogP contribution in [0.25, 0.3) is 0 Å². The zero-order valence-corrected chi connectivity index (χ0v) is 11.3. The lowest BCUT2D eigenvalue weighted by Gasteiger charge is -2.30. The topological polar surface area (TPSA) is 29.9 Å². The predicted octanol–water partition coefficient (Wildman–Crippen LogP) is 3.10. The second-order valence-electron chi connectivity index (χ2n) is 5.41. The first-order valence-corrected chi connectivity index (χ1v) is 6.99. The van der Waals surface area contributed by atoms with E-state index in [1.807, 2.05) is 6.20 Å². The standard InChI is InChI=1S/C14H25N3/c1-4-15-13-7-5-6-12(10-13)14-8-9-16-17(14)11(2)3/h8-9,11-13,15H,4-7,10H2,1-3H3. The highest BCUT2D eigenvalue weighted by molar-refractivity contribution is 5.10. The van der Waals surface area contributed by atoms with E-state index >= 15 is 0 Å². The summed E-state index contributed by atoms with van der Waals surface area (Å²) in [5.41, 5.74) is 1.43. The molecule has 0 radical (unpaired) electrons. The Morgan fingerprint density at radius 3 is 3.00 bits per heavy atom. The molecule has 1 fully saturated rings. The highest BCUT2D eigenvalue weighted by Gasteiger charge is 2.25. The molecule has 0 spiro atoms. The Morgan fingerprint density at radius 2 is 2.29 bits per heavy atom. The van der Waals surface area contributed by atoms with Gasteiger partial charge in [0.25, 0.3) is 0 Å². The van der Waals surface area contributed by atoms with E-state index in [4.69, 9.17) is 0 Å². The molecule has 1 aliphatic carbocycles. The van der Waals surface area contributed by atoms with Crippen LogP contribution >= 0.6 is 0 Å². The van der Waals surface area contributed by atoms with Crippen molar-refractivity contribution in [3.63, 3.8) is 0 Å². The van der Waals surface area contributed by atoms with Crippen molar-refractivity contribution in [1.29, 1.82) is 0 Å². The van der Waals surface area contributed by atoms with Crippen molar-refractivity contribution < 1.29 is 0 Å². The van der Waals surface area contributed by atoms with Gasteiger partial charge in [0.05, 0.1) is 0 Å². The van der Waals surface area contributed by atoms with Crippen LogP contribution in [0.3, 0.4) is 0 Å². The van der Waals surface area contributed by atoms with Crippen molar-refractivity contribution in [2.24, 2.45) is 0 Å². The molecule has 1 heterocycles. The average molecular weight is 235 g/mol. The van der Waals surface area contributed by atoms with Gasteiger partial charge in [0.1, 0.15) is 0 Å². The molecule has 1 N–H and O–H groups in total. The molecule has 0 aromatic carbocycles. The van der Waals surface area contributed by atoms with E-state index in [0.717, 1.165) is 6.54 Å². The van der Waals surface area contributed by atoms with Crippen LogP contribution in [0.2, 0.25) is 0 Å². The van der Waals surface area contributed by atoms with Gasteiger partial charge in [-0.1, -0.05) is 13.3 Å². The zero-order valence-electron chi connectivity index (χ0n) is 11.3. The van der Waals surface area contributed by atoms with E-state index in [1.54, 1.807) is 0 Å². The zero-order chi connectivity index (χ0) is 12.3. The second-order valence-corrected chi connectivity index (χ2v) is 5.41. The summed E-state index contributed by atoms with van der Waals surface area (Å²) in [5.74, 6) is 0.692. The van der Waals surface area contributed by atoms with Crippen LogP contribution in [-0.2, 0) is 0 Å². The van der Waals surface area contributed by atoms with Crippen LogP contribution in [0, 0.1) is 0 Å². The van der Waals surface area contributed by atoms with Crippen molar-refractivity contribution in [3.8, 4) is 0 Å². The van der Waals surface area contributed by atoms with E-state index in [-0.39, 0.29) is 0 Å². The van der Waals surface area contributed by atoms with Crippen LogP contribution in [-0.4, -0.2) is 22.4 Å². The van der Waals surface area contributed by atoms with Gasteiger partial charge in [-0.3, -0.25) is 4.68 Å². The fourth-order valence-corrected chi connectivity index (χ4v) is 3.01. The molecule has 1 aromatic rings. The lowest BCUT2D eigenvalue weighted by molar-refractivity contribution is 0.328. The van der Waals surface area contributed by atoms with Crippen LogP contribution in [0.15, 0.2) is 12.3 Å². The fourth-order valence-electron chi connectivity index (χ4n) is 3.01. The molecule has 3 nitrogen and oxygen atoms in total. The quantitative estimate of drug-likeness (QED) is 0.869. The maximum atomic E-state index is 4.46. The normalized spacial score (nSPS) is 25.4. The molecule has 1 aromatic heterocycles. The minimum Gasteiger partial charge on any atom is -0.314 e. The molecule has 1 aliphatic rings. The predicted molar refractivity (Wildman–Crippen MR) is 71.3 cm³/mol. The molecule has 2 atom stereocenters. The summed E-state index contributed by atoms with van der Waals surface area (Å²) < 4.78 is 2.19. The SMILES string of the molecule is CCNC1CCCC(c2ccnn2C(C)C)C1. The molecular formula is C14H25N3. The van der Waals surface area contributed by atoms with Gasteiger partial charge >= 0.3 is 0 Å². The number of aromatic nitrogens is 2. The Labute approximate surface area is 105 Å². The van der Waals surface area contributed by atoms with Crippen molar-refractivity contribution in [2.45, 2.75) is 64.5 Å². The maximum Gasteiger partial charge on any atom is 0.0492 e. The first kappa shape index (κ1) is 12.6. The number of nitrogens with one attached hydrogen (secondary N) is 1. The van der Waals surface area contributed by atoms with Gasteiger partial charge in [0, 0.05) is 29.9 Å². The lowest BCUT2D eigenvalue weighted by atomic mass is 9.83. The molecule has 96 valence electrons. The van der Waals surface area contributed by atoms with Crippen molar-refractivity contribution in [3.05, 3.63) is 18.0 Å². The Kier molecular flexibility index (Phi) is 4.21. The minimum atomic E-state index is 0.472. The largest absolute Gasteiger partial charge is 0.314 e. The number of hydrogen-bond acceptors (Lipinski definition) is 2. The summed E-state index contributed by atoms with van der Waals surface area (Å²) in [4.78, 5) is 0. The summed E-state index contributed by atoms with van der Waals surface area (Å²) in [6.45, 7) is 7.70. The molecule has 0 amide bonds. The van der Waals surface area contributed by atoms with Crippen LogP contribution in [0.4, 0.5) is 0 Å². The third kappa shape index (κ3) is 2.89. The van der Waals surface area contributed by atoms with E-state index < -0.39 is 0 Å². The fraction of sp³-hybridized carbons (Fsp3) is 0.786. The Morgan fingerprint density at radius 1 is 1.47 bits per heavy atom. The molecule has 0 bridgehead atoms. The first-order valence-electron chi connectivity index (χ1n) is 6.99. The molecule has 1 saturated carbocycles. The summed E-state index contributed by atoms with van der Waals surface area (Å²) in [6.07, 6.45) is 7.21. The van der Waals surface area contributed by atoms with E-state index in [0.29, 0.717) is 18.0 Å². The summed E-state index contributed by atoms with van der Waals surface area (Å²) in [6, 6.07) is 3.38. The summed E-state index contributed by atoms with van der Waals surface area (Å²) in [5, 5.41) is 8.05. The van der Waals surface area contributed by atoms with Crippen molar-refractivity contribution >= 4 is 0 Å². The molecule has 3 heteroatoms. The number of nitrogens with zero attached hydrogens (tertiary/aromatic N) is 2. The number of rotatable bonds is 4. The van der Waals surface area contributed by atoms with E-state index in [2.05, 4.69) is 41.9 Å². The van der Waals surface area contributed by atoms with Gasteiger partial charge < -0.3 is 5.32 Å². The number of hydrogen-bond donors (Lipinski definition) is 1. The van der Waals surface area contributed by atoms with Gasteiger partial charge in [0.2, 0.25) is 0 Å².